The number of hydrogen-bond acceptors (Lipinski definition) is 3. The van der Waals surface area contributed by atoms with E-state index >= 15 is 0 Å². The number of rotatable bonds is 2. The zero-order chi connectivity index (χ0) is 11.6. The van der Waals surface area contributed by atoms with Crippen molar-refractivity contribution in [3.8, 4) is 0 Å². The Hall–Kier alpha value is -1.53. The predicted molar refractivity (Wildman–Crippen MR) is 44.9 cm³/mol. The van der Waals surface area contributed by atoms with E-state index in [1.807, 2.05) is 5.32 Å². The van der Waals surface area contributed by atoms with Crippen LogP contribution in [0.4, 0.5) is 8.78 Å². The molecule has 1 aliphatic heterocycles. The van der Waals surface area contributed by atoms with E-state index in [1.54, 1.807) is 6.92 Å². The van der Waals surface area contributed by atoms with Gasteiger partial charge in [-0.1, -0.05) is 6.92 Å². The number of halogens is 2. The molecule has 0 aliphatic carbocycles. The quantitative estimate of drug-likeness (QED) is 0.639. The van der Waals surface area contributed by atoms with E-state index in [1.165, 1.54) is 0 Å². The van der Waals surface area contributed by atoms with Crippen molar-refractivity contribution < 1.29 is 23.2 Å². The highest BCUT2D eigenvalue weighted by Gasteiger charge is 2.38. The number of nitrogens with zero attached hydrogens (tertiary/aromatic N) is 1. The highest BCUT2D eigenvalue weighted by molar-refractivity contribution is 6.04. The van der Waals surface area contributed by atoms with Crippen LogP contribution in [0.2, 0.25) is 0 Å². The highest BCUT2D eigenvalue weighted by atomic mass is 19.3. The number of hydrogen-bond donors (Lipinski definition) is 1. The molecule has 0 bridgehead atoms. The number of alkyl halides is 2. The molecular formula is C8H10F2N2O3. The Bertz CT molecular complexity index is 306. The first-order chi connectivity index (χ1) is 6.97. The normalized spacial score (nSPS) is 21.9. The number of piperazine rings is 1. The number of carbonyl (C=O) groups is 3. The van der Waals surface area contributed by atoms with Gasteiger partial charge in [0.1, 0.15) is 12.6 Å². The van der Waals surface area contributed by atoms with Crippen molar-refractivity contribution >= 4 is 17.7 Å². The SMILES string of the molecule is CCC1C(=O)NC(=O)CN1C(=O)C(F)F. The molecule has 0 aromatic carbocycles. The third-order valence-corrected chi connectivity index (χ3v) is 2.11. The molecule has 1 unspecified atom stereocenters. The van der Waals surface area contributed by atoms with Crippen LogP contribution in [0.3, 0.4) is 0 Å². The fraction of sp³-hybridized carbons (Fsp3) is 0.625. The first kappa shape index (κ1) is 11.5. The summed E-state index contributed by atoms with van der Waals surface area (Å²) in [6, 6.07) is -0.982. The second-order valence-corrected chi connectivity index (χ2v) is 3.10. The van der Waals surface area contributed by atoms with Crippen LogP contribution < -0.4 is 5.32 Å². The molecule has 1 aliphatic rings. The molecular weight excluding hydrogens is 210 g/mol. The number of amides is 3. The highest BCUT2D eigenvalue weighted by Crippen LogP contribution is 2.12. The lowest BCUT2D eigenvalue weighted by molar-refractivity contribution is -0.156. The van der Waals surface area contributed by atoms with Crippen molar-refractivity contribution in [1.29, 1.82) is 0 Å². The van der Waals surface area contributed by atoms with E-state index in [0.717, 1.165) is 0 Å². The van der Waals surface area contributed by atoms with E-state index < -0.39 is 36.7 Å². The summed E-state index contributed by atoms with van der Waals surface area (Å²) < 4.78 is 24.3. The lowest BCUT2D eigenvalue weighted by atomic mass is 10.1. The first-order valence-electron chi connectivity index (χ1n) is 4.39. The third kappa shape index (κ3) is 2.28. The Morgan fingerprint density at radius 3 is 2.67 bits per heavy atom. The summed E-state index contributed by atoms with van der Waals surface area (Å²) in [5.41, 5.74) is 0. The van der Waals surface area contributed by atoms with Crippen molar-refractivity contribution in [2.24, 2.45) is 0 Å². The van der Waals surface area contributed by atoms with Crippen LogP contribution in [0.1, 0.15) is 13.3 Å². The Kier molecular flexibility index (Phi) is 3.33. The van der Waals surface area contributed by atoms with Gasteiger partial charge in [-0.3, -0.25) is 19.7 Å². The van der Waals surface area contributed by atoms with Gasteiger partial charge in [0.15, 0.2) is 0 Å². The standard InChI is InChI=1S/C8H10F2N2O3/c1-2-4-7(14)11-5(13)3-12(4)8(15)6(9)10/h4,6H,2-3H2,1H3,(H,11,13,14). The summed E-state index contributed by atoms with van der Waals surface area (Å²) in [5.74, 6) is -2.92. The van der Waals surface area contributed by atoms with E-state index in [2.05, 4.69) is 0 Å². The van der Waals surface area contributed by atoms with Crippen LogP contribution in [-0.4, -0.2) is 41.6 Å². The molecule has 84 valence electrons. The Balaban J connectivity index is 2.87. The van der Waals surface area contributed by atoms with Crippen LogP contribution in [0, 0.1) is 0 Å². The molecule has 3 amide bonds. The van der Waals surface area contributed by atoms with Crippen LogP contribution in [0.15, 0.2) is 0 Å². The lowest BCUT2D eigenvalue weighted by Gasteiger charge is -2.32. The van der Waals surface area contributed by atoms with Gasteiger partial charge in [-0.2, -0.15) is 8.78 Å². The molecule has 1 heterocycles. The maximum Gasteiger partial charge on any atom is 0.315 e. The molecule has 15 heavy (non-hydrogen) atoms. The molecule has 0 saturated carbocycles. The van der Waals surface area contributed by atoms with Crippen molar-refractivity contribution in [1.82, 2.24) is 10.2 Å². The summed E-state index contributed by atoms with van der Waals surface area (Å²) in [4.78, 5) is 33.7. The molecule has 7 heteroatoms. The average Bonchev–Trinajstić information content (AvgIpc) is 2.15. The monoisotopic (exact) mass is 220 g/mol. The van der Waals surface area contributed by atoms with Gasteiger partial charge in [0.2, 0.25) is 11.8 Å². The summed E-state index contributed by atoms with van der Waals surface area (Å²) in [6.45, 7) is 1.08. The van der Waals surface area contributed by atoms with E-state index in [-0.39, 0.29) is 6.42 Å². The molecule has 0 radical (unpaired) electrons. The molecule has 1 fully saturated rings. The van der Waals surface area contributed by atoms with Gasteiger partial charge in [0.05, 0.1) is 0 Å². The third-order valence-electron chi connectivity index (χ3n) is 2.11. The summed E-state index contributed by atoms with van der Waals surface area (Å²) in [5, 5.41) is 1.99. The Morgan fingerprint density at radius 1 is 1.60 bits per heavy atom. The van der Waals surface area contributed by atoms with Crippen molar-refractivity contribution in [3.63, 3.8) is 0 Å². The van der Waals surface area contributed by atoms with Crippen molar-refractivity contribution in [2.75, 3.05) is 6.54 Å². The second kappa shape index (κ2) is 4.33. The van der Waals surface area contributed by atoms with E-state index in [9.17, 15) is 23.2 Å². The summed E-state index contributed by atoms with van der Waals surface area (Å²) >= 11 is 0. The fourth-order valence-electron chi connectivity index (χ4n) is 1.43. The topological polar surface area (TPSA) is 66.5 Å². The van der Waals surface area contributed by atoms with Gasteiger partial charge in [0, 0.05) is 0 Å². The minimum absolute atomic E-state index is 0.192. The first-order valence-corrected chi connectivity index (χ1v) is 4.39. The Morgan fingerprint density at radius 2 is 2.20 bits per heavy atom. The molecule has 0 aromatic heterocycles. The minimum Gasteiger partial charge on any atom is -0.316 e. The van der Waals surface area contributed by atoms with Crippen LogP contribution in [0.5, 0.6) is 0 Å². The van der Waals surface area contributed by atoms with Gasteiger partial charge in [-0.05, 0) is 6.42 Å². The summed E-state index contributed by atoms with van der Waals surface area (Å²) in [6.07, 6.45) is -3.00. The van der Waals surface area contributed by atoms with Crippen molar-refractivity contribution in [2.45, 2.75) is 25.8 Å². The molecule has 0 spiro atoms. The Labute approximate surface area is 84.4 Å². The van der Waals surface area contributed by atoms with Gasteiger partial charge in [-0.25, -0.2) is 0 Å². The van der Waals surface area contributed by atoms with Crippen LogP contribution in [-0.2, 0) is 14.4 Å². The average molecular weight is 220 g/mol. The second-order valence-electron chi connectivity index (χ2n) is 3.10. The molecule has 1 saturated heterocycles. The number of imide groups is 1. The van der Waals surface area contributed by atoms with Crippen LogP contribution >= 0.6 is 0 Å². The lowest BCUT2D eigenvalue weighted by Crippen LogP contribution is -2.60. The summed E-state index contributed by atoms with van der Waals surface area (Å²) in [7, 11) is 0. The van der Waals surface area contributed by atoms with Crippen molar-refractivity contribution in [3.05, 3.63) is 0 Å². The molecule has 1 N–H and O–H groups in total. The molecule has 1 atom stereocenters. The van der Waals surface area contributed by atoms with Gasteiger partial charge in [0.25, 0.3) is 5.91 Å². The minimum atomic E-state index is -3.20. The van der Waals surface area contributed by atoms with Gasteiger partial charge < -0.3 is 4.90 Å². The zero-order valence-corrected chi connectivity index (χ0v) is 8.00. The maximum atomic E-state index is 12.1. The maximum absolute atomic E-state index is 12.1. The molecule has 1 rings (SSSR count). The van der Waals surface area contributed by atoms with Crippen LogP contribution in [0.25, 0.3) is 0 Å². The number of carbonyl (C=O) groups excluding carboxylic acids is 3. The predicted octanol–water partition coefficient (Wildman–Crippen LogP) is -0.485. The van der Waals surface area contributed by atoms with Gasteiger partial charge in [-0.15, -0.1) is 0 Å². The molecule has 0 aromatic rings. The number of nitrogens with one attached hydrogen (secondary N) is 1. The fourth-order valence-corrected chi connectivity index (χ4v) is 1.43. The largest absolute Gasteiger partial charge is 0.316 e. The van der Waals surface area contributed by atoms with Gasteiger partial charge >= 0.3 is 6.43 Å². The smallest absolute Gasteiger partial charge is 0.315 e. The zero-order valence-electron chi connectivity index (χ0n) is 8.00. The van der Waals surface area contributed by atoms with E-state index in [0.29, 0.717) is 4.90 Å². The molecule has 5 nitrogen and oxygen atoms in total. The van der Waals surface area contributed by atoms with E-state index in [4.69, 9.17) is 0 Å².